The summed E-state index contributed by atoms with van der Waals surface area (Å²) in [6, 6.07) is 0.261. The van der Waals surface area contributed by atoms with Crippen molar-refractivity contribution in [2.45, 2.75) is 77.1 Å². The van der Waals surface area contributed by atoms with Crippen molar-refractivity contribution in [1.29, 1.82) is 0 Å². The minimum atomic E-state index is -0.142. The van der Waals surface area contributed by atoms with Crippen molar-refractivity contribution in [3.8, 4) is 0 Å². The van der Waals surface area contributed by atoms with Gasteiger partial charge in [-0.25, -0.2) is 0 Å². The van der Waals surface area contributed by atoms with Gasteiger partial charge >= 0.3 is 0 Å². The van der Waals surface area contributed by atoms with Crippen molar-refractivity contribution in [2.75, 3.05) is 7.11 Å². The van der Waals surface area contributed by atoms with E-state index in [1.54, 1.807) is 7.11 Å². The summed E-state index contributed by atoms with van der Waals surface area (Å²) >= 11 is 0. The van der Waals surface area contributed by atoms with Crippen LogP contribution >= 0.6 is 0 Å². The van der Waals surface area contributed by atoms with E-state index in [0.29, 0.717) is 12.1 Å². The van der Waals surface area contributed by atoms with Gasteiger partial charge in [0.15, 0.2) is 0 Å². The topological polar surface area (TPSA) is 50.4 Å². The molecule has 0 bridgehead atoms. The van der Waals surface area contributed by atoms with E-state index in [-0.39, 0.29) is 17.5 Å². The standard InChI is InChI=1S/C14H28N2O2/c1-6-14(3,4)16-13(17)10(2)15-11-7-8-12(9-11)18-5/h10-12,15H,6-9H2,1-5H3,(H,16,17). The molecule has 4 heteroatoms. The van der Waals surface area contributed by atoms with E-state index in [1.807, 2.05) is 20.8 Å². The second-order valence-electron chi connectivity index (χ2n) is 5.98. The smallest absolute Gasteiger partial charge is 0.237 e. The molecule has 2 N–H and O–H groups in total. The van der Waals surface area contributed by atoms with Crippen molar-refractivity contribution in [3.05, 3.63) is 0 Å². The van der Waals surface area contributed by atoms with Gasteiger partial charge in [0, 0.05) is 18.7 Å². The zero-order valence-electron chi connectivity index (χ0n) is 12.4. The molecule has 0 aromatic carbocycles. The van der Waals surface area contributed by atoms with E-state index >= 15 is 0 Å². The molecule has 1 aliphatic carbocycles. The summed E-state index contributed by atoms with van der Waals surface area (Å²) in [6.45, 7) is 8.11. The highest BCUT2D eigenvalue weighted by Crippen LogP contribution is 2.21. The van der Waals surface area contributed by atoms with E-state index in [2.05, 4.69) is 17.6 Å². The summed E-state index contributed by atoms with van der Waals surface area (Å²) in [7, 11) is 1.76. The van der Waals surface area contributed by atoms with Crippen molar-refractivity contribution < 1.29 is 9.53 Å². The fraction of sp³-hybridized carbons (Fsp3) is 0.929. The summed E-state index contributed by atoms with van der Waals surface area (Å²) in [5.74, 6) is 0.0858. The predicted octanol–water partition coefficient (Wildman–Crippen LogP) is 1.84. The molecule has 0 aromatic rings. The van der Waals surface area contributed by atoms with E-state index in [9.17, 15) is 4.79 Å². The van der Waals surface area contributed by atoms with E-state index in [1.165, 1.54) is 0 Å². The highest BCUT2D eigenvalue weighted by molar-refractivity contribution is 5.82. The van der Waals surface area contributed by atoms with Crippen LogP contribution < -0.4 is 10.6 Å². The Bertz CT molecular complexity index is 279. The lowest BCUT2D eigenvalue weighted by Gasteiger charge is -2.28. The summed E-state index contributed by atoms with van der Waals surface area (Å²) in [5.41, 5.74) is -0.127. The molecular weight excluding hydrogens is 228 g/mol. The van der Waals surface area contributed by atoms with Gasteiger partial charge in [-0.05, 0) is 46.5 Å². The Hall–Kier alpha value is -0.610. The van der Waals surface area contributed by atoms with Crippen LogP contribution in [0, 0.1) is 0 Å². The molecule has 3 unspecified atom stereocenters. The Kier molecular flexibility index (Phi) is 5.60. The van der Waals surface area contributed by atoms with E-state index in [4.69, 9.17) is 4.74 Å². The molecule has 106 valence electrons. The molecule has 0 spiro atoms. The maximum atomic E-state index is 12.1. The number of carbonyl (C=O) groups excluding carboxylic acids is 1. The molecular formula is C14H28N2O2. The van der Waals surface area contributed by atoms with Crippen molar-refractivity contribution in [3.63, 3.8) is 0 Å². The van der Waals surface area contributed by atoms with Gasteiger partial charge in [0.1, 0.15) is 0 Å². The summed E-state index contributed by atoms with van der Waals surface area (Å²) in [6.07, 6.45) is 4.46. The zero-order valence-corrected chi connectivity index (χ0v) is 12.4. The van der Waals surface area contributed by atoms with Crippen LogP contribution in [0.2, 0.25) is 0 Å². The molecule has 3 atom stereocenters. The lowest BCUT2D eigenvalue weighted by molar-refractivity contribution is -0.124. The monoisotopic (exact) mass is 256 g/mol. The fourth-order valence-corrected chi connectivity index (χ4v) is 2.26. The number of ether oxygens (including phenoxy) is 1. The van der Waals surface area contributed by atoms with Gasteiger partial charge in [-0.1, -0.05) is 6.92 Å². The van der Waals surface area contributed by atoms with Gasteiger partial charge in [-0.3, -0.25) is 4.79 Å². The van der Waals surface area contributed by atoms with E-state index < -0.39 is 0 Å². The molecule has 0 aliphatic heterocycles. The number of methoxy groups -OCH3 is 1. The maximum absolute atomic E-state index is 12.1. The lowest BCUT2D eigenvalue weighted by Crippen LogP contribution is -2.52. The number of carbonyl (C=O) groups is 1. The van der Waals surface area contributed by atoms with Crippen LogP contribution in [0.15, 0.2) is 0 Å². The van der Waals surface area contributed by atoms with Crippen molar-refractivity contribution in [2.24, 2.45) is 0 Å². The maximum Gasteiger partial charge on any atom is 0.237 e. The molecule has 0 saturated heterocycles. The fourth-order valence-electron chi connectivity index (χ4n) is 2.26. The third kappa shape index (κ3) is 4.58. The Morgan fingerprint density at radius 3 is 2.61 bits per heavy atom. The largest absolute Gasteiger partial charge is 0.381 e. The Labute approximate surface area is 111 Å². The summed E-state index contributed by atoms with van der Waals surface area (Å²) in [5, 5.41) is 6.47. The van der Waals surface area contributed by atoms with Crippen LogP contribution in [0.3, 0.4) is 0 Å². The molecule has 1 fully saturated rings. The highest BCUT2D eigenvalue weighted by Gasteiger charge is 2.28. The predicted molar refractivity (Wildman–Crippen MR) is 73.5 cm³/mol. The minimum Gasteiger partial charge on any atom is -0.381 e. The Morgan fingerprint density at radius 1 is 1.44 bits per heavy atom. The normalized spacial score (nSPS) is 26.1. The molecule has 1 amide bonds. The molecule has 1 rings (SSSR count). The molecule has 1 saturated carbocycles. The first-order valence-electron chi connectivity index (χ1n) is 6.99. The second kappa shape index (κ2) is 6.53. The Balaban J connectivity index is 2.36. The van der Waals surface area contributed by atoms with E-state index in [0.717, 1.165) is 25.7 Å². The molecule has 0 heterocycles. The van der Waals surface area contributed by atoms with Crippen LogP contribution in [0.5, 0.6) is 0 Å². The Morgan fingerprint density at radius 2 is 2.11 bits per heavy atom. The van der Waals surface area contributed by atoms with Gasteiger partial charge in [0.05, 0.1) is 12.1 Å². The van der Waals surface area contributed by atoms with Gasteiger partial charge in [-0.2, -0.15) is 0 Å². The minimum absolute atomic E-state index is 0.0858. The average molecular weight is 256 g/mol. The number of amides is 1. The third-order valence-corrected chi connectivity index (χ3v) is 3.94. The van der Waals surface area contributed by atoms with Crippen LogP contribution in [0.25, 0.3) is 0 Å². The number of rotatable bonds is 6. The molecule has 18 heavy (non-hydrogen) atoms. The summed E-state index contributed by atoms with van der Waals surface area (Å²) in [4.78, 5) is 12.1. The van der Waals surface area contributed by atoms with Crippen LogP contribution in [0.4, 0.5) is 0 Å². The molecule has 1 aliphatic rings. The van der Waals surface area contributed by atoms with Gasteiger partial charge < -0.3 is 15.4 Å². The average Bonchev–Trinajstić information content (AvgIpc) is 2.76. The second-order valence-corrected chi connectivity index (χ2v) is 5.98. The molecule has 0 aromatic heterocycles. The van der Waals surface area contributed by atoms with Gasteiger partial charge in [-0.15, -0.1) is 0 Å². The van der Waals surface area contributed by atoms with Crippen LogP contribution in [-0.4, -0.2) is 36.7 Å². The van der Waals surface area contributed by atoms with Gasteiger partial charge in [0.2, 0.25) is 5.91 Å². The van der Waals surface area contributed by atoms with Crippen molar-refractivity contribution >= 4 is 5.91 Å². The SMILES string of the molecule is CCC(C)(C)NC(=O)C(C)NC1CCC(OC)C1. The first-order chi connectivity index (χ1) is 8.38. The van der Waals surface area contributed by atoms with Crippen LogP contribution in [-0.2, 0) is 9.53 Å². The molecule has 4 nitrogen and oxygen atoms in total. The van der Waals surface area contributed by atoms with Crippen LogP contribution in [0.1, 0.15) is 53.4 Å². The quantitative estimate of drug-likeness (QED) is 0.762. The number of hydrogen-bond acceptors (Lipinski definition) is 3. The molecule has 0 radical (unpaired) electrons. The zero-order chi connectivity index (χ0) is 13.8. The highest BCUT2D eigenvalue weighted by atomic mass is 16.5. The first kappa shape index (κ1) is 15.4. The first-order valence-corrected chi connectivity index (χ1v) is 6.99. The number of nitrogens with one attached hydrogen (secondary N) is 2. The van der Waals surface area contributed by atoms with Crippen molar-refractivity contribution in [1.82, 2.24) is 10.6 Å². The lowest BCUT2D eigenvalue weighted by atomic mass is 10.0. The van der Waals surface area contributed by atoms with Gasteiger partial charge in [0.25, 0.3) is 0 Å². The third-order valence-electron chi connectivity index (χ3n) is 3.94. The number of hydrogen-bond donors (Lipinski definition) is 2. The summed E-state index contributed by atoms with van der Waals surface area (Å²) < 4.78 is 5.34.